The summed E-state index contributed by atoms with van der Waals surface area (Å²) in [5, 5.41) is 0. The van der Waals surface area contributed by atoms with E-state index in [4.69, 9.17) is 0 Å². The fraction of sp³-hybridized carbons (Fsp3) is 0.720. The van der Waals surface area contributed by atoms with Crippen molar-refractivity contribution >= 4 is 13.1 Å². The van der Waals surface area contributed by atoms with E-state index >= 15 is 0 Å². The van der Waals surface area contributed by atoms with Crippen LogP contribution in [0.15, 0.2) is 12.1 Å². The van der Waals surface area contributed by atoms with Gasteiger partial charge >= 0.3 is 0 Å². The fourth-order valence-electron chi connectivity index (χ4n) is 8.07. The second-order valence-corrected chi connectivity index (χ2v) is 10.8. The topological polar surface area (TPSA) is 23.6 Å². The monoisotopic (exact) mass is 393 g/mol. The second kappa shape index (κ2) is 6.61. The van der Waals surface area contributed by atoms with E-state index in [9.17, 15) is 4.79 Å². The molecule has 29 heavy (non-hydrogen) atoms. The third kappa shape index (κ3) is 2.44. The molecular formula is C25H38BN2O. The van der Waals surface area contributed by atoms with Gasteiger partial charge in [0.25, 0.3) is 0 Å². The molecule has 0 N–H and O–H groups in total. The number of piperidine rings is 1. The molecule has 1 saturated heterocycles. The third-order valence-corrected chi connectivity index (χ3v) is 9.68. The molecule has 3 aliphatic rings. The summed E-state index contributed by atoms with van der Waals surface area (Å²) in [6, 6.07) is 5.55. The van der Waals surface area contributed by atoms with Crippen LogP contribution < -0.4 is 0 Å². The zero-order valence-corrected chi connectivity index (χ0v) is 19.7. The van der Waals surface area contributed by atoms with Crippen molar-refractivity contribution in [2.45, 2.75) is 84.6 Å². The van der Waals surface area contributed by atoms with Gasteiger partial charge in [0.05, 0.1) is 0 Å². The number of rotatable bonds is 2. The molecule has 2 unspecified atom stereocenters. The molecule has 2 fully saturated rings. The Labute approximate surface area is 178 Å². The highest BCUT2D eigenvalue weighted by Crippen LogP contribution is 2.69. The molecule has 0 spiro atoms. The quantitative estimate of drug-likeness (QED) is 0.674. The number of likely N-dealkylation sites (N-methyl/N-ethyl adjacent to an activating group) is 1. The summed E-state index contributed by atoms with van der Waals surface area (Å²) >= 11 is 0. The molecule has 1 aliphatic heterocycles. The van der Waals surface area contributed by atoms with E-state index in [2.05, 4.69) is 58.7 Å². The molecule has 4 atom stereocenters. The van der Waals surface area contributed by atoms with Gasteiger partial charge < -0.3 is 9.80 Å². The molecule has 2 bridgehead atoms. The van der Waals surface area contributed by atoms with Crippen molar-refractivity contribution in [3.8, 4) is 0 Å². The highest BCUT2D eigenvalue weighted by molar-refractivity contribution is 6.72. The van der Waals surface area contributed by atoms with Gasteiger partial charge in [0.15, 0.2) is 5.81 Å². The first-order valence-corrected chi connectivity index (χ1v) is 11.4. The van der Waals surface area contributed by atoms with Crippen molar-refractivity contribution in [3.63, 3.8) is 0 Å². The summed E-state index contributed by atoms with van der Waals surface area (Å²) in [6.07, 6.45) is 4.61. The highest BCUT2D eigenvalue weighted by atomic mass is 16.2. The van der Waals surface area contributed by atoms with Crippen molar-refractivity contribution in [1.82, 2.24) is 9.80 Å². The van der Waals surface area contributed by atoms with Crippen molar-refractivity contribution in [1.29, 1.82) is 0 Å². The summed E-state index contributed by atoms with van der Waals surface area (Å²) in [4.78, 5) is 17.4. The van der Waals surface area contributed by atoms with Gasteiger partial charge in [-0.25, -0.2) is 0 Å². The Morgan fingerprint density at radius 3 is 2.55 bits per heavy atom. The lowest BCUT2D eigenvalue weighted by Gasteiger charge is -2.72. The van der Waals surface area contributed by atoms with Gasteiger partial charge in [0, 0.05) is 24.5 Å². The van der Waals surface area contributed by atoms with Gasteiger partial charge in [0.2, 0.25) is 7.28 Å². The normalized spacial score (nSPS) is 35.4. The Balaban J connectivity index is 2.00. The van der Waals surface area contributed by atoms with Crippen molar-refractivity contribution in [3.05, 3.63) is 34.4 Å². The van der Waals surface area contributed by atoms with E-state index in [-0.39, 0.29) is 28.1 Å². The van der Waals surface area contributed by atoms with Gasteiger partial charge in [0.1, 0.15) is 0 Å². The Hall–Kier alpha value is -1.29. The first-order valence-electron chi connectivity index (χ1n) is 11.4. The van der Waals surface area contributed by atoms with Crippen molar-refractivity contribution in [2.75, 3.05) is 20.6 Å². The number of likely N-dealkylation sites (tertiary alicyclic amines) is 1. The van der Waals surface area contributed by atoms with Crippen LogP contribution in [-0.4, -0.2) is 55.6 Å². The summed E-state index contributed by atoms with van der Waals surface area (Å²) in [5.41, 5.74) is 6.38. The second-order valence-electron chi connectivity index (χ2n) is 10.8. The number of fused-ring (bicyclic) bond motifs is 1. The predicted octanol–water partition coefficient (Wildman–Crippen LogP) is 4.80. The van der Waals surface area contributed by atoms with E-state index in [0.717, 1.165) is 19.4 Å². The third-order valence-electron chi connectivity index (χ3n) is 9.68. The average Bonchev–Trinajstić information content (AvgIpc) is 2.66. The van der Waals surface area contributed by atoms with Crippen LogP contribution in [0.2, 0.25) is 6.82 Å². The van der Waals surface area contributed by atoms with E-state index < -0.39 is 0 Å². The molecule has 1 amide bonds. The van der Waals surface area contributed by atoms with Gasteiger partial charge in [-0.3, -0.25) is 4.79 Å². The zero-order chi connectivity index (χ0) is 21.4. The van der Waals surface area contributed by atoms with Crippen LogP contribution in [0.4, 0.5) is 4.79 Å². The molecule has 4 rings (SSSR count). The number of hydrogen-bond acceptors (Lipinski definition) is 2. The van der Waals surface area contributed by atoms with E-state index in [0.29, 0.717) is 6.04 Å². The number of carbonyl (C=O) groups is 1. The standard InChI is InChI=1S/C25H38BN2O/c1-16-9-10-18-15-20-24(5)12-11-19(28(8)22(29)26-6)23(3,4)25(24,13-14-27(20)7)21(18)17(16)2/h9-10,19-20H,11-15H2,1-8H3/t19?,20-,24?,25+/m1/s1. The summed E-state index contributed by atoms with van der Waals surface area (Å²) in [7, 11) is 6.07. The van der Waals surface area contributed by atoms with Gasteiger partial charge in [-0.2, -0.15) is 0 Å². The van der Waals surface area contributed by atoms with Crippen LogP contribution in [0.3, 0.4) is 0 Å². The maximum absolute atomic E-state index is 12.7. The first kappa shape index (κ1) is 21.0. The van der Waals surface area contributed by atoms with Crippen molar-refractivity contribution < 1.29 is 4.79 Å². The van der Waals surface area contributed by atoms with Crippen LogP contribution in [-0.2, 0) is 11.8 Å². The summed E-state index contributed by atoms with van der Waals surface area (Å²) in [6.45, 7) is 15.1. The number of nitrogens with zero attached hydrogens (tertiary/aromatic N) is 2. The maximum atomic E-state index is 12.7. The van der Waals surface area contributed by atoms with Gasteiger partial charge in [-0.1, -0.05) is 39.7 Å². The van der Waals surface area contributed by atoms with Crippen LogP contribution in [0.25, 0.3) is 0 Å². The first-order chi connectivity index (χ1) is 13.5. The average molecular weight is 393 g/mol. The SMILES string of the molecule is C[B]C(=O)N(C)C1CCC2(C)[C@H]3Cc4ccc(C)c(C)c4[C@@]2(CCN3C)C1(C)C. The number of benzene rings is 1. The molecule has 157 valence electrons. The molecule has 4 heteroatoms. The summed E-state index contributed by atoms with van der Waals surface area (Å²) in [5.74, 6) is 0.157. The minimum absolute atomic E-state index is 0.000648. The Bertz CT molecular complexity index is 849. The zero-order valence-electron chi connectivity index (χ0n) is 19.7. The fourth-order valence-corrected chi connectivity index (χ4v) is 8.07. The molecule has 2 aliphatic carbocycles. The number of amides is 1. The maximum Gasteiger partial charge on any atom is 0.229 e. The molecule has 1 saturated carbocycles. The van der Waals surface area contributed by atoms with Crippen LogP contribution in [0.5, 0.6) is 0 Å². The van der Waals surface area contributed by atoms with Gasteiger partial charge in [-0.05, 0) is 86.2 Å². The molecular weight excluding hydrogens is 355 g/mol. The smallest absolute Gasteiger partial charge is 0.229 e. The highest BCUT2D eigenvalue weighted by Gasteiger charge is 2.69. The molecule has 1 aromatic rings. The largest absolute Gasteiger partial charge is 0.351 e. The van der Waals surface area contributed by atoms with E-state index in [1.54, 1.807) is 18.4 Å². The number of hydrogen-bond donors (Lipinski definition) is 0. The minimum Gasteiger partial charge on any atom is -0.351 e. The van der Waals surface area contributed by atoms with Crippen LogP contribution >= 0.6 is 0 Å². The molecule has 1 radical (unpaired) electrons. The lowest BCUT2D eigenvalue weighted by atomic mass is 9.36. The molecule has 1 aromatic carbocycles. The lowest BCUT2D eigenvalue weighted by molar-refractivity contribution is -0.156. The van der Waals surface area contributed by atoms with Gasteiger partial charge in [-0.15, -0.1) is 0 Å². The van der Waals surface area contributed by atoms with Crippen molar-refractivity contribution in [2.24, 2.45) is 10.8 Å². The molecule has 0 aromatic heterocycles. The van der Waals surface area contributed by atoms with E-state index in [1.165, 1.54) is 24.0 Å². The Morgan fingerprint density at radius 1 is 1.21 bits per heavy atom. The van der Waals surface area contributed by atoms with Crippen LogP contribution in [0.1, 0.15) is 62.3 Å². The Morgan fingerprint density at radius 2 is 1.90 bits per heavy atom. The predicted molar refractivity (Wildman–Crippen MR) is 122 cm³/mol. The molecule has 3 nitrogen and oxygen atoms in total. The van der Waals surface area contributed by atoms with Crippen LogP contribution in [0, 0.1) is 24.7 Å². The van der Waals surface area contributed by atoms with E-state index in [1.807, 2.05) is 18.8 Å². The lowest BCUT2D eigenvalue weighted by Crippen LogP contribution is -2.75. The minimum atomic E-state index is 0.000648. The Kier molecular flexibility index (Phi) is 4.78. The summed E-state index contributed by atoms with van der Waals surface area (Å²) < 4.78 is 0. The number of aryl methyl sites for hydroxylation is 1. The number of carbonyl (C=O) groups excluding carboxylic acids is 1. The molecule has 1 heterocycles.